The van der Waals surface area contributed by atoms with Crippen molar-refractivity contribution in [3.05, 3.63) is 53.9 Å². The van der Waals surface area contributed by atoms with Crippen LogP contribution in [0, 0.1) is 12.7 Å². The third-order valence-corrected chi connectivity index (χ3v) is 3.36. The number of likely N-dealkylation sites (N-methyl/N-ethyl adjacent to an activating group) is 1. The van der Waals surface area contributed by atoms with Crippen LogP contribution in [0.25, 0.3) is 11.5 Å². The summed E-state index contributed by atoms with van der Waals surface area (Å²) in [7, 11) is 1.78. The fourth-order valence-electron chi connectivity index (χ4n) is 2.32. The number of nitrogens with zero attached hydrogens (tertiary/aromatic N) is 3. The van der Waals surface area contributed by atoms with E-state index in [2.05, 4.69) is 15.5 Å². The van der Waals surface area contributed by atoms with Crippen molar-refractivity contribution in [1.82, 2.24) is 15.0 Å². The largest absolute Gasteiger partial charge is 0.444 e. The second-order valence-electron chi connectivity index (χ2n) is 5.70. The molecule has 2 aromatic heterocycles. The summed E-state index contributed by atoms with van der Waals surface area (Å²) in [6.45, 7) is 2.30. The summed E-state index contributed by atoms with van der Waals surface area (Å²) in [5.41, 5.74) is 1.21. The van der Waals surface area contributed by atoms with Crippen LogP contribution < -0.4 is 5.32 Å². The summed E-state index contributed by atoms with van der Waals surface area (Å²) in [6.07, 6.45) is 1.50. The van der Waals surface area contributed by atoms with E-state index in [0.717, 1.165) is 0 Å². The zero-order chi connectivity index (χ0) is 17.8. The number of amides is 1. The van der Waals surface area contributed by atoms with Gasteiger partial charge in [0.15, 0.2) is 5.82 Å². The molecule has 1 amide bonds. The summed E-state index contributed by atoms with van der Waals surface area (Å²) in [5, 5.41) is 6.35. The van der Waals surface area contributed by atoms with E-state index in [1.807, 2.05) is 0 Å². The normalized spacial score (nSPS) is 11.0. The minimum Gasteiger partial charge on any atom is -0.444 e. The van der Waals surface area contributed by atoms with Crippen molar-refractivity contribution in [2.75, 3.05) is 18.9 Å². The molecule has 0 bridgehead atoms. The second kappa shape index (κ2) is 7.27. The molecule has 0 saturated carbocycles. The molecule has 0 unspecified atom stereocenters. The van der Waals surface area contributed by atoms with Crippen molar-refractivity contribution < 1.29 is 18.1 Å². The molecule has 0 aliphatic rings. The van der Waals surface area contributed by atoms with Crippen molar-refractivity contribution in [3.63, 3.8) is 0 Å². The Balaban J connectivity index is 1.56. The van der Waals surface area contributed by atoms with Gasteiger partial charge in [0.1, 0.15) is 17.8 Å². The van der Waals surface area contributed by atoms with Crippen molar-refractivity contribution in [1.29, 1.82) is 0 Å². The van der Waals surface area contributed by atoms with Crippen molar-refractivity contribution in [2.45, 2.75) is 13.5 Å². The number of carbonyl (C=O) groups excluding carboxylic acids is 1. The van der Waals surface area contributed by atoms with E-state index < -0.39 is 0 Å². The first-order chi connectivity index (χ1) is 12.0. The lowest BCUT2D eigenvalue weighted by Crippen LogP contribution is -2.30. The van der Waals surface area contributed by atoms with Crippen molar-refractivity contribution in [3.8, 4) is 11.5 Å². The number of aromatic nitrogens is 2. The van der Waals surface area contributed by atoms with Crippen LogP contribution in [0.2, 0.25) is 0 Å². The van der Waals surface area contributed by atoms with E-state index in [4.69, 9.17) is 8.94 Å². The molecule has 0 saturated heterocycles. The topological polar surface area (TPSA) is 84.4 Å². The first kappa shape index (κ1) is 16.8. The Morgan fingerprint density at radius 1 is 1.36 bits per heavy atom. The van der Waals surface area contributed by atoms with Crippen LogP contribution >= 0.6 is 0 Å². The van der Waals surface area contributed by atoms with Crippen LogP contribution in [0.15, 0.2) is 45.5 Å². The molecule has 8 heteroatoms. The van der Waals surface area contributed by atoms with Crippen LogP contribution in [0.3, 0.4) is 0 Å². The second-order valence-corrected chi connectivity index (χ2v) is 5.70. The molecule has 0 spiro atoms. The van der Waals surface area contributed by atoms with Crippen molar-refractivity contribution >= 4 is 11.7 Å². The van der Waals surface area contributed by atoms with Gasteiger partial charge in [-0.05, 0) is 32.2 Å². The first-order valence-electron chi connectivity index (χ1n) is 7.61. The number of aryl methyl sites for hydroxylation is 1. The maximum absolute atomic E-state index is 13.3. The fourth-order valence-corrected chi connectivity index (χ4v) is 2.32. The molecule has 3 aromatic rings. The lowest BCUT2D eigenvalue weighted by Gasteiger charge is -2.13. The molecule has 25 heavy (non-hydrogen) atoms. The summed E-state index contributed by atoms with van der Waals surface area (Å²) in [5.74, 6) is 0.770. The summed E-state index contributed by atoms with van der Waals surface area (Å²) in [4.78, 5) is 18.1. The van der Waals surface area contributed by atoms with E-state index in [1.165, 1.54) is 18.4 Å². The van der Waals surface area contributed by atoms with Crippen LogP contribution in [-0.4, -0.2) is 34.5 Å². The number of hydrogen-bond acceptors (Lipinski definition) is 6. The van der Waals surface area contributed by atoms with Gasteiger partial charge in [0, 0.05) is 18.2 Å². The molecule has 0 atom stereocenters. The van der Waals surface area contributed by atoms with Crippen LogP contribution in [0.1, 0.15) is 11.5 Å². The lowest BCUT2D eigenvalue weighted by atomic mass is 10.2. The monoisotopic (exact) mass is 344 g/mol. The number of rotatable bonds is 6. The van der Waals surface area contributed by atoms with Gasteiger partial charge in [0.25, 0.3) is 0 Å². The lowest BCUT2D eigenvalue weighted by molar-refractivity contribution is -0.117. The number of anilines is 1. The van der Waals surface area contributed by atoms with E-state index >= 15 is 0 Å². The molecule has 130 valence electrons. The predicted octanol–water partition coefficient (Wildman–Crippen LogP) is 2.85. The van der Waals surface area contributed by atoms with E-state index in [1.54, 1.807) is 37.1 Å². The molecule has 1 N–H and O–H groups in total. The van der Waals surface area contributed by atoms with Gasteiger partial charge in [0.05, 0.1) is 12.2 Å². The van der Waals surface area contributed by atoms with Gasteiger partial charge in [-0.2, -0.15) is 0 Å². The van der Waals surface area contributed by atoms with Crippen LogP contribution in [-0.2, 0) is 11.3 Å². The van der Waals surface area contributed by atoms with E-state index in [9.17, 15) is 9.18 Å². The molecule has 0 aliphatic heterocycles. The van der Waals surface area contributed by atoms with Gasteiger partial charge in [-0.3, -0.25) is 9.69 Å². The average Bonchev–Trinajstić information content (AvgIpc) is 3.16. The molecule has 3 rings (SSSR count). The number of oxazole rings is 1. The molecule has 0 aliphatic carbocycles. The number of halogens is 1. The zero-order valence-electron chi connectivity index (χ0n) is 13.8. The third-order valence-electron chi connectivity index (χ3n) is 3.36. The number of carbonyl (C=O) groups is 1. The average molecular weight is 344 g/mol. The van der Waals surface area contributed by atoms with Gasteiger partial charge in [-0.15, -0.1) is 0 Å². The molecular weight excluding hydrogens is 327 g/mol. The van der Waals surface area contributed by atoms with Gasteiger partial charge in [-0.25, -0.2) is 9.37 Å². The highest BCUT2D eigenvalue weighted by Crippen LogP contribution is 2.19. The quantitative estimate of drug-likeness (QED) is 0.740. The summed E-state index contributed by atoms with van der Waals surface area (Å²) >= 11 is 0. The van der Waals surface area contributed by atoms with Crippen LogP contribution in [0.4, 0.5) is 10.2 Å². The highest BCUT2D eigenvalue weighted by atomic mass is 19.1. The minimum absolute atomic E-state index is 0.147. The molecule has 0 fully saturated rings. The molecular formula is C17H17FN4O3. The first-order valence-corrected chi connectivity index (χ1v) is 7.61. The highest BCUT2D eigenvalue weighted by Gasteiger charge is 2.13. The zero-order valence-corrected chi connectivity index (χ0v) is 13.8. The third kappa shape index (κ3) is 4.51. The van der Waals surface area contributed by atoms with Gasteiger partial charge in [0.2, 0.25) is 11.8 Å². The van der Waals surface area contributed by atoms with E-state index in [-0.39, 0.29) is 18.3 Å². The smallest absolute Gasteiger partial charge is 0.239 e. The van der Waals surface area contributed by atoms with Gasteiger partial charge in [-0.1, -0.05) is 11.2 Å². The maximum atomic E-state index is 13.3. The summed E-state index contributed by atoms with van der Waals surface area (Å²) in [6, 6.07) is 7.66. The minimum atomic E-state index is -0.353. The Bertz CT molecular complexity index is 874. The Labute approximate surface area is 143 Å². The standard InChI is InChI=1S/C17H17FN4O3/c1-11-6-15(21-25-11)20-16(23)9-22(2)8-14-10-24-17(19-14)12-4-3-5-13(18)7-12/h3-7,10H,8-9H2,1-2H3,(H,20,21,23). The Morgan fingerprint density at radius 2 is 2.20 bits per heavy atom. The van der Waals surface area contributed by atoms with E-state index in [0.29, 0.717) is 35.3 Å². The molecule has 2 heterocycles. The maximum Gasteiger partial charge on any atom is 0.239 e. The SMILES string of the molecule is Cc1cc(NC(=O)CN(C)Cc2coc(-c3cccc(F)c3)n2)no1. The number of nitrogens with one attached hydrogen (secondary N) is 1. The molecule has 0 radical (unpaired) electrons. The highest BCUT2D eigenvalue weighted by molar-refractivity contribution is 5.91. The fraction of sp³-hybridized carbons (Fsp3) is 0.235. The van der Waals surface area contributed by atoms with Crippen LogP contribution in [0.5, 0.6) is 0 Å². The van der Waals surface area contributed by atoms with Crippen molar-refractivity contribution in [2.24, 2.45) is 0 Å². The Hall–Kier alpha value is -3.00. The van der Waals surface area contributed by atoms with Gasteiger partial charge >= 0.3 is 0 Å². The number of benzene rings is 1. The summed E-state index contributed by atoms with van der Waals surface area (Å²) < 4.78 is 23.5. The molecule has 1 aromatic carbocycles. The number of hydrogen-bond donors (Lipinski definition) is 1. The Kier molecular flexibility index (Phi) is 4.90. The Morgan fingerprint density at radius 3 is 2.92 bits per heavy atom. The van der Waals surface area contributed by atoms with Gasteiger partial charge < -0.3 is 14.3 Å². The predicted molar refractivity (Wildman–Crippen MR) is 88.1 cm³/mol. The molecule has 7 nitrogen and oxygen atoms in total.